The first-order valence-electron chi connectivity index (χ1n) is 7.78. The van der Waals surface area contributed by atoms with Crippen molar-refractivity contribution in [2.45, 2.75) is 70.7 Å². The summed E-state index contributed by atoms with van der Waals surface area (Å²) in [5.74, 6) is 0.338. The Bertz CT molecular complexity index is 438. The highest BCUT2D eigenvalue weighted by Crippen LogP contribution is 2.62. The third-order valence-corrected chi connectivity index (χ3v) is 6.37. The Kier molecular flexibility index (Phi) is 2.85. The number of esters is 1. The van der Waals surface area contributed by atoms with Crippen LogP contribution >= 0.6 is 0 Å². The van der Waals surface area contributed by atoms with E-state index in [1.54, 1.807) is 6.92 Å². The van der Waals surface area contributed by atoms with E-state index in [-0.39, 0.29) is 17.8 Å². The van der Waals surface area contributed by atoms with Gasteiger partial charge in [-0.05, 0) is 52.4 Å². The van der Waals surface area contributed by atoms with Gasteiger partial charge < -0.3 is 14.9 Å². The van der Waals surface area contributed by atoms with Crippen molar-refractivity contribution in [3.63, 3.8) is 0 Å². The van der Waals surface area contributed by atoms with Crippen LogP contribution < -0.4 is 0 Å². The molecule has 1 unspecified atom stereocenters. The van der Waals surface area contributed by atoms with E-state index < -0.39 is 22.7 Å². The van der Waals surface area contributed by atoms with Crippen molar-refractivity contribution in [1.29, 1.82) is 0 Å². The van der Waals surface area contributed by atoms with Gasteiger partial charge in [-0.25, -0.2) is 0 Å². The molecule has 0 aromatic heterocycles. The summed E-state index contributed by atoms with van der Waals surface area (Å²) in [7, 11) is 0. The van der Waals surface area contributed by atoms with E-state index in [2.05, 4.69) is 6.92 Å². The van der Waals surface area contributed by atoms with Gasteiger partial charge in [0.2, 0.25) is 0 Å². The number of aliphatic hydroxyl groups excluding tert-OH is 1. The molecule has 2 aliphatic carbocycles. The Morgan fingerprint density at radius 1 is 1.20 bits per heavy atom. The van der Waals surface area contributed by atoms with Gasteiger partial charge in [0.1, 0.15) is 11.7 Å². The average Bonchev–Trinajstić information content (AvgIpc) is 2.54. The second-order valence-electron chi connectivity index (χ2n) is 7.98. The molecule has 4 heteroatoms. The number of rotatable bonds is 0. The van der Waals surface area contributed by atoms with Gasteiger partial charge in [-0.1, -0.05) is 6.92 Å². The molecule has 2 saturated carbocycles. The first-order chi connectivity index (χ1) is 9.14. The highest BCUT2D eigenvalue weighted by molar-refractivity contribution is 5.80. The molecule has 4 nitrogen and oxygen atoms in total. The van der Waals surface area contributed by atoms with Gasteiger partial charge in [0.25, 0.3) is 0 Å². The molecule has 3 aliphatic rings. The quantitative estimate of drug-likeness (QED) is 0.666. The van der Waals surface area contributed by atoms with Crippen LogP contribution in [-0.2, 0) is 9.53 Å². The van der Waals surface area contributed by atoms with Crippen LogP contribution in [0.4, 0.5) is 0 Å². The fourth-order valence-electron chi connectivity index (χ4n) is 5.10. The lowest BCUT2D eigenvalue weighted by molar-refractivity contribution is -0.249. The summed E-state index contributed by atoms with van der Waals surface area (Å²) in [5.41, 5.74) is -2.64. The molecule has 3 fully saturated rings. The van der Waals surface area contributed by atoms with Crippen LogP contribution in [0, 0.1) is 23.2 Å². The van der Waals surface area contributed by atoms with Crippen molar-refractivity contribution in [2.24, 2.45) is 23.2 Å². The third kappa shape index (κ3) is 1.52. The SMILES string of the molecule is C[C@@H]1CC[C@H]2C(C)(C)C(=O)O[C@@]23C1CC[C@@](C)(O)[C@H]3O. The molecule has 1 aliphatic heterocycles. The zero-order chi connectivity index (χ0) is 14.9. The molecular formula is C16H26O4. The minimum absolute atomic E-state index is 0.00882. The van der Waals surface area contributed by atoms with Crippen molar-refractivity contribution in [3.05, 3.63) is 0 Å². The maximum Gasteiger partial charge on any atom is 0.312 e. The molecule has 0 aromatic rings. The van der Waals surface area contributed by atoms with E-state index in [1.807, 2.05) is 13.8 Å². The molecule has 114 valence electrons. The minimum atomic E-state index is -1.17. The Balaban J connectivity index is 2.13. The van der Waals surface area contributed by atoms with Crippen LogP contribution in [0.1, 0.15) is 53.4 Å². The van der Waals surface area contributed by atoms with Gasteiger partial charge in [-0.2, -0.15) is 0 Å². The van der Waals surface area contributed by atoms with E-state index in [0.717, 1.165) is 19.3 Å². The van der Waals surface area contributed by atoms with Gasteiger partial charge >= 0.3 is 5.97 Å². The van der Waals surface area contributed by atoms with Gasteiger partial charge in [0.15, 0.2) is 0 Å². The molecule has 2 N–H and O–H groups in total. The first-order valence-corrected chi connectivity index (χ1v) is 7.78. The summed E-state index contributed by atoms with van der Waals surface area (Å²) in [6.07, 6.45) is 2.32. The molecule has 3 rings (SSSR count). The van der Waals surface area contributed by atoms with Crippen LogP contribution in [0.15, 0.2) is 0 Å². The van der Waals surface area contributed by atoms with Crippen LogP contribution in [0.2, 0.25) is 0 Å². The number of carbonyl (C=O) groups is 1. The van der Waals surface area contributed by atoms with Crippen molar-refractivity contribution in [3.8, 4) is 0 Å². The smallest absolute Gasteiger partial charge is 0.312 e. The van der Waals surface area contributed by atoms with Crippen molar-refractivity contribution in [2.75, 3.05) is 0 Å². The number of carbonyl (C=O) groups excluding carboxylic acids is 1. The molecule has 0 aromatic carbocycles. The largest absolute Gasteiger partial charge is 0.455 e. The maximum atomic E-state index is 12.4. The molecule has 1 heterocycles. The summed E-state index contributed by atoms with van der Waals surface area (Å²) in [4.78, 5) is 12.4. The third-order valence-electron chi connectivity index (χ3n) is 6.37. The normalized spacial score (nSPS) is 54.0. The van der Waals surface area contributed by atoms with Crippen molar-refractivity contribution >= 4 is 5.97 Å². The summed E-state index contributed by atoms with van der Waals surface area (Å²) < 4.78 is 5.84. The lowest BCUT2D eigenvalue weighted by Crippen LogP contribution is -2.68. The van der Waals surface area contributed by atoms with E-state index in [0.29, 0.717) is 12.3 Å². The van der Waals surface area contributed by atoms with E-state index in [1.165, 1.54) is 0 Å². The fourth-order valence-corrected chi connectivity index (χ4v) is 5.10. The number of hydrogen-bond donors (Lipinski definition) is 2. The summed E-state index contributed by atoms with van der Waals surface area (Å²) in [5, 5.41) is 21.4. The number of hydrogen-bond acceptors (Lipinski definition) is 4. The van der Waals surface area contributed by atoms with Crippen molar-refractivity contribution < 1.29 is 19.7 Å². The minimum Gasteiger partial charge on any atom is -0.455 e. The zero-order valence-electron chi connectivity index (χ0n) is 12.8. The Morgan fingerprint density at radius 2 is 1.85 bits per heavy atom. The van der Waals surface area contributed by atoms with Crippen LogP contribution in [0.3, 0.4) is 0 Å². The van der Waals surface area contributed by atoms with Crippen LogP contribution in [0.25, 0.3) is 0 Å². The Labute approximate surface area is 120 Å². The van der Waals surface area contributed by atoms with Gasteiger partial charge in [-0.15, -0.1) is 0 Å². The lowest BCUT2D eigenvalue weighted by Gasteiger charge is -2.57. The molecule has 0 amide bonds. The summed E-state index contributed by atoms with van der Waals surface area (Å²) in [6, 6.07) is 0. The van der Waals surface area contributed by atoms with Crippen molar-refractivity contribution in [1.82, 2.24) is 0 Å². The monoisotopic (exact) mass is 282 g/mol. The van der Waals surface area contributed by atoms with Crippen LogP contribution in [0.5, 0.6) is 0 Å². The molecule has 1 saturated heterocycles. The Hall–Kier alpha value is -0.610. The Morgan fingerprint density at radius 3 is 2.50 bits per heavy atom. The highest BCUT2D eigenvalue weighted by Gasteiger charge is 2.72. The average molecular weight is 282 g/mol. The van der Waals surface area contributed by atoms with E-state index in [4.69, 9.17) is 4.74 Å². The second-order valence-corrected chi connectivity index (χ2v) is 7.98. The molecular weight excluding hydrogens is 256 g/mol. The fraction of sp³-hybridized carbons (Fsp3) is 0.938. The predicted molar refractivity (Wildman–Crippen MR) is 73.8 cm³/mol. The second kappa shape index (κ2) is 3.98. The molecule has 1 spiro atoms. The lowest BCUT2D eigenvalue weighted by atomic mass is 9.51. The summed E-state index contributed by atoms with van der Waals surface area (Å²) >= 11 is 0. The van der Waals surface area contributed by atoms with E-state index >= 15 is 0 Å². The zero-order valence-corrected chi connectivity index (χ0v) is 12.8. The number of aliphatic hydroxyl groups is 2. The molecule has 0 bridgehead atoms. The molecule has 20 heavy (non-hydrogen) atoms. The first kappa shape index (κ1) is 14.3. The van der Waals surface area contributed by atoms with Gasteiger partial charge in [-0.3, -0.25) is 4.79 Å². The summed E-state index contributed by atoms with van der Waals surface area (Å²) in [6.45, 7) is 7.67. The van der Waals surface area contributed by atoms with Crippen LogP contribution in [-0.4, -0.2) is 33.5 Å². The van der Waals surface area contributed by atoms with Gasteiger partial charge in [0, 0.05) is 11.8 Å². The standard InChI is InChI=1S/C16H26O4/c1-9-5-6-11-14(2,3)13(18)20-16(11)10(9)7-8-15(4,19)12(16)17/h9-12,17,19H,5-8H2,1-4H3/t9-,10?,11+,12-,15-,16+/m1/s1. The molecule has 6 atom stereocenters. The topological polar surface area (TPSA) is 66.8 Å². The maximum absolute atomic E-state index is 12.4. The van der Waals surface area contributed by atoms with Gasteiger partial charge in [0.05, 0.1) is 11.0 Å². The van der Waals surface area contributed by atoms with E-state index in [9.17, 15) is 15.0 Å². The number of ether oxygens (including phenoxy) is 1. The predicted octanol–water partition coefficient (Wildman–Crippen LogP) is 1.88. The highest BCUT2D eigenvalue weighted by atomic mass is 16.6. The molecule has 0 radical (unpaired) electrons.